The molecule has 3 rings (SSSR count). The second kappa shape index (κ2) is 4.48. The van der Waals surface area contributed by atoms with Crippen LogP contribution in [-0.2, 0) is 0 Å². The zero-order chi connectivity index (χ0) is 12.7. The topological polar surface area (TPSA) is 61.0 Å². The molecule has 2 unspecified atom stereocenters. The predicted molar refractivity (Wildman–Crippen MR) is 73.1 cm³/mol. The van der Waals surface area contributed by atoms with Crippen molar-refractivity contribution in [3.8, 4) is 5.88 Å². The molecule has 5 heteroatoms. The molecule has 2 aromatic heterocycles. The Morgan fingerprint density at radius 3 is 2.89 bits per heavy atom. The summed E-state index contributed by atoms with van der Waals surface area (Å²) in [7, 11) is 0. The number of nitrogens with two attached hydrogens (primary N) is 1. The van der Waals surface area contributed by atoms with Crippen LogP contribution in [0.1, 0.15) is 29.7 Å². The second-order valence-electron chi connectivity index (χ2n) is 4.89. The van der Waals surface area contributed by atoms with Crippen LogP contribution in [0.3, 0.4) is 0 Å². The van der Waals surface area contributed by atoms with E-state index in [4.69, 9.17) is 10.5 Å². The first-order chi connectivity index (χ1) is 8.66. The summed E-state index contributed by atoms with van der Waals surface area (Å²) in [6.45, 7) is 4.20. The van der Waals surface area contributed by atoms with Gasteiger partial charge in [-0.25, -0.2) is 9.97 Å². The third kappa shape index (κ3) is 1.87. The van der Waals surface area contributed by atoms with Crippen molar-refractivity contribution in [2.24, 2.45) is 5.73 Å². The average Bonchev–Trinajstić information content (AvgIpc) is 2.86. The molecule has 1 fully saturated rings. The highest BCUT2D eigenvalue weighted by Gasteiger charge is 2.27. The van der Waals surface area contributed by atoms with Gasteiger partial charge in [-0.1, -0.05) is 0 Å². The van der Waals surface area contributed by atoms with Gasteiger partial charge < -0.3 is 10.5 Å². The van der Waals surface area contributed by atoms with Crippen LogP contribution in [0.4, 0.5) is 0 Å². The summed E-state index contributed by atoms with van der Waals surface area (Å²) in [4.78, 5) is 10.9. The standard InChI is InChI=1S/C13H17N3OS/c1-7-8(2)18-13-11(7)12(15-6-16-13)17-10-5-3-4-9(10)14/h6,9-10H,3-5,14H2,1-2H3. The first kappa shape index (κ1) is 11.9. The van der Waals surface area contributed by atoms with Crippen LogP contribution >= 0.6 is 11.3 Å². The Bertz CT molecular complexity index is 581. The van der Waals surface area contributed by atoms with Crippen LogP contribution in [-0.4, -0.2) is 22.1 Å². The molecule has 2 atom stereocenters. The molecular weight excluding hydrogens is 246 g/mol. The van der Waals surface area contributed by atoms with E-state index in [1.807, 2.05) is 0 Å². The zero-order valence-corrected chi connectivity index (χ0v) is 11.5. The smallest absolute Gasteiger partial charge is 0.225 e. The average molecular weight is 263 g/mol. The lowest BCUT2D eigenvalue weighted by atomic mass is 10.2. The highest BCUT2D eigenvalue weighted by atomic mass is 32.1. The van der Waals surface area contributed by atoms with Crippen LogP contribution in [0, 0.1) is 13.8 Å². The molecule has 1 saturated carbocycles. The lowest BCUT2D eigenvalue weighted by Gasteiger charge is -2.17. The van der Waals surface area contributed by atoms with E-state index >= 15 is 0 Å². The maximum atomic E-state index is 6.05. The summed E-state index contributed by atoms with van der Waals surface area (Å²) < 4.78 is 6.03. The van der Waals surface area contributed by atoms with Gasteiger partial charge >= 0.3 is 0 Å². The molecule has 0 aromatic carbocycles. The molecule has 18 heavy (non-hydrogen) atoms. The van der Waals surface area contributed by atoms with E-state index in [0.717, 1.165) is 29.5 Å². The van der Waals surface area contributed by atoms with Gasteiger partial charge in [-0.3, -0.25) is 0 Å². The SMILES string of the molecule is Cc1sc2ncnc(OC3CCCC3N)c2c1C. The van der Waals surface area contributed by atoms with E-state index < -0.39 is 0 Å². The van der Waals surface area contributed by atoms with Crippen molar-refractivity contribution in [3.63, 3.8) is 0 Å². The summed E-state index contributed by atoms with van der Waals surface area (Å²) >= 11 is 1.69. The van der Waals surface area contributed by atoms with Crippen LogP contribution < -0.4 is 10.5 Å². The van der Waals surface area contributed by atoms with E-state index in [1.54, 1.807) is 17.7 Å². The molecule has 2 heterocycles. The van der Waals surface area contributed by atoms with Crippen molar-refractivity contribution in [1.82, 2.24) is 9.97 Å². The first-order valence-electron chi connectivity index (χ1n) is 6.29. The second-order valence-corrected chi connectivity index (χ2v) is 6.10. The summed E-state index contributed by atoms with van der Waals surface area (Å²) in [5, 5.41) is 1.05. The zero-order valence-electron chi connectivity index (χ0n) is 10.6. The normalized spacial score (nSPS) is 23.7. The Morgan fingerprint density at radius 1 is 1.33 bits per heavy atom. The van der Waals surface area contributed by atoms with Crippen LogP contribution in [0.15, 0.2) is 6.33 Å². The number of aryl methyl sites for hydroxylation is 2. The van der Waals surface area contributed by atoms with Crippen LogP contribution in [0.2, 0.25) is 0 Å². The number of thiophene rings is 1. The van der Waals surface area contributed by atoms with Crippen molar-refractivity contribution >= 4 is 21.6 Å². The number of ether oxygens (including phenoxy) is 1. The van der Waals surface area contributed by atoms with Gasteiger partial charge in [-0.15, -0.1) is 11.3 Å². The highest BCUT2D eigenvalue weighted by molar-refractivity contribution is 7.18. The molecule has 2 aromatic rings. The minimum Gasteiger partial charge on any atom is -0.472 e. The quantitative estimate of drug-likeness (QED) is 0.904. The Balaban J connectivity index is 2.01. The third-order valence-corrected chi connectivity index (χ3v) is 4.81. The fourth-order valence-electron chi connectivity index (χ4n) is 2.48. The highest BCUT2D eigenvalue weighted by Crippen LogP contribution is 2.35. The molecule has 96 valence electrons. The molecular formula is C13H17N3OS. The van der Waals surface area contributed by atoms with E-state index in [1.165, 1.54) is 10.4 Å². The summed E-state index contributed by atoms with van der Waals surface area (Å²) in [6.07, 6.45) is 4.88. The van der Waals surface area contributed by atoms with Crippen LogP contribution in [0.25, 0.3) is 10.2 Å². The number of hydrogen-bond acceptors (Lipinski definition) is 5. The van der Waals surface area contributed by atoms with Gasteiger partial charge in [0.1, 0.15) is 17.3 Å². The minimum atomic E-state index is 0.0997. The number of aromatic nitrogens is 2. The number of hydrogen-bond donors (Lipinski definition) is 1. The largest absolute Gasteiger partial charge is 0.472 e. The van der Waals surface area contributed by atoms with Crippen molar-refractivity contribution in [1.29, 1.82) is 0 Å². The third-order valence-electron chi connectivity index (χ3n) is 3.70. The van der Waals surface area contributed by atoms with E-state index in [9.17, 15) is 0 Å². The van der Waals surface area contributed by atoms with Gasteiger partial charge in [0.05, 0.1) is 5.39 Å². The van der Waals surface area contributed by atoms with Gasteiger partial charge in [0.15, 0.2) is 0 Å². The van der Waals surface area contributed by atoms with Gasteiger partial charge in [0.2, 0.25) is 5.88 Å². The predicted octanol–water partition coefficient (Wildman–Crippen LogP) is 2.57. The summed E-state index contributed by atoms with van der Waals surface area (Å²) in [6, 6.07) is 0.134. The lowest BCUT2D eigenvalue weighted by molar-refractivity contribution is 0.186. The van der Waals surface area contributed by atoms with Crippen molar-refractivity contribution in [2.75, 3.05) is 0 Å². The number of fused-ring (bicyclic) bond motifs is 1. The van der Waals surface area contributed by atoms with E-state index in [2.05, 4.69) is 23.8 Å². The summed E-state index contributed by atoms with van der Waals surface area (Å²) in [5.41, 5.74) is 7.27. The lowest BCUT2D eigenvalue weighted by Crippen LogP contribution is -2.33. The fraction of sp³-hybridized carbons (Fsp3) is 0.538. The van der Waals surface area contributed by atoms with Gasteiger partial charge in [-0.05, 0) is 38.7 Å². The molecule has 0 bridgehead atoms. The Labute approximate surface area is 110 Å². The molecule has 2 N–H and O–H groups in total. The minimum absolute atomic E-state index is 0.0997. The van der Waals surface area contributed by atoms with Gasteiger partial charge in [0, 0.05) is 10.9 Å². The number of nitrogens with zero attached hydrogens (tertiary/aromatic N) is 2. The molecule has 4 nitrogen and oxygen atoms in total. The number of rotatable bonds is 2. The maximum absolute atomic E-state index is 6.05. The molecule has 1 aliphatic rings. The van der Waals surface area contributed by atoms with Crippen LogP contribution in [0.5, 0.6) is 5.88 Å². The Morgan fingerprint density at radius 2 is 2.17 bits per heavy atom. The molecule has 0 saturated heterocycles. The molecule has 0 radical (unpaired) electrons. The molecule has 0 aliphatic heterocycles. The van der Waals surface area contributed by atoms with Crippen molar-refractivity contribution in [2.45, 2.75) is 45.3 Å². The van der Waals surface area contributed by atoms with E-state index in [0.29, 0.717) is 5.88 Å². The molecule has 0 spiro atoms. The molecule has 0 amide bonds. The van der Waals surface area contributed by atoms with Gasteiger partial charge in [0.25, 0.3) is 0 Å². The van der Waals surface area contributed by atoms with Crippen molar-refractivity contribution < 1.29 is 4.74 Å². The molecule has 1 aliphatic carbocycles. The van der Waals surface area contributed by atoms with Crippen molar-refractivity contribution in [3.05, 3.63) is 16.8 Å². The summed E-state index contributed by atoms with van der Waals surface area (Å²) in [5.74, 6) is 0.698. The van der Waals surface area contributed by atoms with Gasteiger partial charge in [-0.2, -0.15) is 0 Å². The first-order valence-corrected chi connectivity index (χ1v) is 7.11. The Kier molecular flexibility index (Phi) is 2.95. The fourth-order valence-corrected chi connectivity index (χ4v) is 3.47. The van der Waals surface area contributed by atoms with E-state index in [-0.39, 0.29) is 12.1 Å². The Hall–Kier alpha value is -1.20. The maximum Gasteiger partial charge on any atom is 0.225 e. The monoisotopic (exact) mass is 263 g/mol.